The Morgan fingerprint density at radius 1 is 1.16 bits per heavy atom. The SMILES string of the molecule is CCS(=O)c1ccc2c(c1)N(c1ncc(-c3cc(C(C)(C)O)ccn3)cn1)CC21COC1. The molecule has 0 bridgehead atoms. The second-order valence-corrected chi connectivity index (χ2v) is 10.7. The van der Waals surface area contributed by atoms with Crippen LogP contribution in [-0.2, 0) is 26.6 Å². The zero-order valence-corrected chi connectivity index (χ0v) is 19.2. The molecule has 2 aliphatic rings. The van der Waals surface area contributed by atoms with Crippen molar-refractivity contribution in [1.29, 1.82) is 0 Å². The molecule has 1 atom stereocenters. The molecule has 32 heavy (non-hydrogen) atoms. The Labute approximate surface area is 190 Å². The maximum Gasteiger partial charge on any atom is 0.229 e. The molecule has 1 saturated heterocycles. The number of fused-ring (bicyclic) bond motifs is 2. The standard InChI is InChI=1S/C24H26N4O3S/c1-4-32(30)18-5-6-19-21(10-18)28(13-24(19)14-31-15-24)22-26-11-16(12-27-22)20-9-17(7-8-25-20)23(2,3)29/h5-12,29H,4,13-15H2,1-3H3. The molecular formula is C24H26N4O3S. The average Bonchev–Trinajstić information content (AvgIpc) is 3.13. The van der Waals surface area contributed by atoms with Crippen LogP contribution >= 0.6 is 0 Å². The van der Waals surface area contributed by atoms with E-state index in [1.54, 1.807) is 38.5 Å². The van der Waals surface area contributed by atoms with Crippen LogP contribution in [0.4, 0.5) is 11.6 Å². The lowest BCUT2D eigenvalue weighted by molar-refractivity contribution is -0.0507. The van der Waals surface area contributed by atoms with E-state index in [2.05, 4.69) is 25.9 Å². The number of rotatable bonds is 5. The fraction of sp³-hybridized carbons (Fsp3) is 0.375. The van der Waals surface area contributed by atoms with Crippen LogP contribution in [0.3, 0.4) is 0 Å². The first-order valence-corrected chi connectivity index (χ1v) is 12.0. The van der Waals surface area contributed by atoms with Crippen molar-refractivity contribution in [3.63, 3.8) is 0 Å². The molecule has 166 valence electrons. The summed E-state index contributed by atoms with van der Waals surface area (Å²) >= 11 is 0. The zero-order valence-electron chi connectivity index (χ0n) is 18.4. The molecular weight excluding hydrogens is 424 g/mol. The van der Waals surface area contributed by atoms with Crippen molar-refractivity contribution in [2.24, 2.45) is 0 Å². The highest BCUT2D eigenvalue weighted by Crippen LogP contribution is 2.48. The van der Waals surface area contributed by atoms with Gasteiger partial charge in [0, 0.05) is 47.0 Å². The molecule has 4 heterocycles. The maximum atomic E-state index is 12.4. The first-order valence-electron chi connectivity index (χ1n) is 10.7. The van der Waals surface area contributed by atoms with Gasteiger partial charge in [-0.1, -0.05) is 13.0 Å². The van der Waals surface area contributed by atoms with E-state index in [1.807, 2.05) is 25.1 Å². The van der Waals surface area contributed by atoms with Crippen LogP contribution < -0.4 is 4.90 Å². The number of pyridine rings is 1. The van der Waals surface area contributed by atoms with E-state index in [4.69, 9.17) is 4.74 Å². The summed E-state index contributed by atoms with van der Waals surface area (Å²) in [7, 11) is -1.03. The molecule has 1 N–H and O–H groups in total. The van der Waals surface area contributed by atoms with Crippen molar-refractivity contribution in [3.8, 4) is 11.3 Å². The molecule has 5 rings (SSSR count). The van der Waals surface area contributed by atoms with Crippen molar-refractivity contribution in [2.45, 2.75) is 36.7 Å². The summed E-state index contributed by atoms with van der Waals surface area (Å²) in [5.74, 6) is 1.17. The van der Waals surface area contributed by atoms with Gasteiger partial charge in [0.1, 0.15) is 0 Å². The van der Waals surface area contributed by atoms with E-state index >= 15 is 0 Å². The molecule has 1 fully saturated rings. The van der Waals surface area contributed by atoms with E-state index in [0.29, 0.717) is 30.6 Å². The first-order chi connectivity index (χ1) is 15.3. The molecule has 0 saturated carbocycles. The summed E-state index contributed by atoms with van der Waals surface area (Å²) in [6.07, 6.45) is 5.20. The third-order valence-corrected chi connectivity index (χ3v) is 7.52. The Morgan fingerprint density at radius 2 is 1.91 bits per heavy atom. The van der Waals surface area contributed by atoms with Gasteiger partial charge in [0.05, 0.1) is 40.7 Å². The Morgan fingerprint density at radius 3 is 2.53 bits per heavy atom. The Balaban J connectivity index is 1.49. The van der Waals surface area contributed by atoms with Crippen LogP contribution in [0.5, 0.6) is 0 Å². The summed E-state index contributed by atoms with van der Waals surface area (Å²) in [6, 6.07) is 9.72. The number of nitrogens with zero attached hydrogens (tertiary/aromatic N) is 4. The average molecular weight is 451 g/mol. The third kappa shape index (κ3) is 3.52. The van der Waals surface area contributed by atoms with Gasteiger partial charge in [-0.2, -0.15) is 0 Å². The minimum absolute atomic E-state index is 0.0633. The van der Waals surface area contributed by atoms with Crippen LogP contribution in [-0.4, -0.2) is 49.8 Å². The van der Waals surface area contributed by atoms with Crippen LogP contribution in [0.25, 0.3) is 11.3 Å². The van der Waals surface area contributed by atoms with Gasteiger partial charge in [-0.05, 0) is 49.2 Å². The summed E-state index contributed by atoms with van der Waals surface area (Å²) in [5, 5.41) is 10.3. The minimum atomic E-state index is -1.03. The fourth-order valence-corrected chi connectivity index (χ4v) is 5.10. The Bertz CT molecular complexity index is 1190. The highest BCUT2D eigenvalue weighted by Gasteiger charge is 2.49. The molecule has 2 aromatic heterocycles. The number of ether oxygens (including phenoxy) is 1. The van der Waals surface area contributed by atoms with Crippen molar-refractivity contribution in [3.05, 3.63) is 60.0 Å². The van der Waals surface area contributed by atoms with Crippen molar-refractivity contribution in [2.75, 3.05) is 30.4 Å². The van der Waals surface area contributed by atoms with E-state index in [9.17, 15) is 9.32 Å². The monoisotopic (exact) mass is 450 g/mol. The molecule has 7 nitrogen and oxygen atoms in total. The second-order valence-electron chi connectivity index (χ2n) is 8.93. The molecule has 3 aromatic rings. The number of benzene rings is 1. The first kappa shape index (κ1) is 21.2. The molecule has 2 aliphatic heterocycles. The molecule has 1 spiro atoms. The molecule has 8 heteroatoms. The fourth-order valence-electron chi connectivity index (χ4n) is 4.30. The predicted molar refractivity (Wildman–Crippen MR) is 123 cm³/mol. The zero-order chi connectivity index (χ0) is 22.5. The van der Waals surface area contributed by atoms with Crippen molar-refractivity contribution < 1.29 is 14.1 Å². The summed E-state index contributed by atoms with van der Waals surface area (Å²) in [6.45, 7) is 7.48. The van der Waals surface area contributed by atoms with Crippen LogP contribution in [0, 0.1) is 0 Å². The molecule has 0 aliphatic carbocycles. The van der Waals surface area contributed by atoms with Crippen molar-refractivity contribution in [1.82, 2.24) is 15.0 Å². The molecule has 1 aromatic carbocycles. The maximum absolute atomic E-state index is 12.4. The number of hydrogen-bond donors (Lipinski definition) is 1. The number of hydrogen-bond acceptors (Lipinski definition) is 7. The highest BCUT2D eigenvalue weighted by molar-refractivity contribution is 7.85. The van der Waals surface area contributed by atoms with Crippen LogP contribution in [0.2, 0.25) is 0 Å². The van der Waals surface area contributed by atoms with E-state index < -0.39 is 16.4 Å². The number of aromatic nitrogens is 3. The third-order valence-electron chi connectivity index (χ3n) is 6.22. The summed E-state index contributed by atoms with van der Waals surface area (Å²) < 4.78 is 18.0. The van der Waals surface area contributed by atoms with Gasteiger partial charge >= 0.3 is 0 Å². The van der Waals surface area contributed by atoms with Gasteiger partial charge in [-0.3, -0.25) is 9.19 Å². The van der Waals surface area contributed by atoms with E-state index in [1.165, 1.54) is 5.56 Å². The predicted octanol–water partition coefficient (Wildman–Crippen LogP) is 3.31. The quantitative estimate of drug-likeness (QED) is 0.638. The van der Waals surface area contributed by atoms with Crippen molar-refractivity contribution >= 4 is 22.4 Å². The van der Waals surface area contributed by atoms with Crippen LogP contribution in [0.15, 0.2) is 53.8 Å². The van der Waals surface area contributed by atoms with Crippen LogP contribution in [0.1, 0.15) is 31.9 Å². The molecule has 1 unspecified atom stereocenters. The number of anilines is 2. The lowest BCUT2D eigenvalue weighted by Gasteiger charge is -2.38. The van der Waals surface area contributed by atoms with Gasteiger partial charge < -0.3 is 14.7 Å². The lowest BCUT2D eigenvalue weighted by atomic mass is 9.81. The summed E-state index contributed by atoms with van der Waals surface area (Å²) in [4.78, 5) is 16.6. The van der Waals surface area contributed by atoms with Gasteiger partial charge in [0.25, 0.3) is 0 Å². The second kappa shape index (κ2) is 7.72. The van der Waals surface area contributed by atoms with Gasteiger partial charge in [-0.15, -0.1) is 0 Å². The largest absolute Gasteiger partial charge is 0.386 e. The minimum Gasteiger partial charge on any atom is -0.386 e. The summed E-state index contributed by atoms with van der Waals surface area (Å²) in [5.41, 5.74) is 3.46. The molecule has 0 amide bonds. The Kier molecular flexibility index (Phi) is 5.11. The number of aliphatic hydroxyl groups is 1. The lowest BCUT2D eigenvalue weighted by Crippen LogP contribution is -2.49. The van der Waals surface area contributed by atoms with Gasteiger partial charge in [-0.25, -0.2) is 9.97 Å². The topological polar surface area (TPSA) is 88.4 Å². The van der Waals surface area contributed by atoms with Gasteiger partial charge in [0.2, 0.25) is 5.95 Å². The van der Waals surface area contributed by atoms with Gasteiger partial charge in [0.15, 0.2) is 0 Å². The molecule has 0 radical (unpaired) electrons. The smallest absolute Gasteiger partial charge is 0.229 e. The Hall–Kier alpha value is -2.68. The van der Waals surface area contributed by atoms with E-state index in [0.717, 1.165) is 28.3 Å². The normalized spacial score (nSPS) is 17.8. The van der Waals surface area contributed by atoms with E-state index in [-0.39, 0.29) is 5.41 Å². The highest BCUT2D eigenvalue weighted by atomic mass is 32.2.